The number of nitrogens with one attached hydrogen (secondary N) is 1. The van der Waals surface area contributed by atoms with Crippen LogP contribution in [-0.2, 0) is 16.1 Å². The molecular weight excluding hydrogens is 268 g/mol. The van der Waals surface area contributed by atoms with Crippen molar-refractivity contribution >= 4 is 11.7 Å². The van der Waals surface area contributed by atoms with E-state index in [0.29, 0.717) is 13.2 Å². The van der Waals surface area contributed by atoms with Crippen LogP contribution in [0, 0.1) is 0 Å². The number of methoxy groups -OCH3 is 1. The molecule has 1 aromatic rings. The Labute approximate surface area is 127 Å². The van der Waals surface area contributed by atoms with Gasteiger partial charge in [-0.25, -0.2) is 4.98 Å². The molecule has 0 aromatic carbocycles. The fraction of sp³-hybridized carbons (Fsp3) is 0.600. The van der Waals surface area contributed by atoms with Gasteiger partial charge in [0.15, 0.2) is 0 Å². The van der Waals surface area contributed by atoms with E-state index in [1.807, 2.05) is 30.2 Å². The molecule has 0 radical (unpaired) electrons. The minimum absolute atomic E-state index is 0.0731. The number of aromatic nitrogens is 1. The van der Waals surface area contributed by atoms with Gasteiger partial charge in [0.1, 0.15) is 5.82 Å². The zero-order chi connectivity index (χ0) is 15.7. The summed E-state index contributed by atoms with van der Waals surface area (Å²) in [5, 5.41) is 3.27. The van der Waals surface area contributed by atoms with Gasteiger partial charge < -0.3 is 19.9 Å². The normalized spacial score (nSPS) is 10.5. The van der Waals surface area contributed by atoms with Crippen molar-refractivity contribution in [3.05, 3.63) is 23.9 Å². The lowest BCUT2D eigenvalue weighted by molar-refractivity contribution is -0.127. The molecule has 0 aliphatic rings. The molecule has 6 heteroatoms. The molecule has 1 N–H and O–H groups in total. The molecule has 0 aliphatic heterocycles. The minimum Gasteiger partial charge on any atom is -0.383 e. The molecule has 0 bridgehead atoms. The molecule has 0 saturated carbocycles. The average Bonchev–Trinajstić information content (AvgIpc) is 2.49. The van der Waals surface area contributed by atoms with Gasteiger partial charge in [0.2, 0.25) is 5.91 Å². The second kappa shape index (κ2) is 9.31. The summed E-state index contributed by atoms with van der Waals surface area (Å²) >= 11 is 0. The Balaban J connectivity index is 2.56. The summed E-state index contributed by atoms with van der Waals surface area (Å²) in [7, 11) is 5.21. The molecule has 21 heavy (non-hydrogen) atoms. The van der Waals surface area contributed by atoms with Crippen LogP contribution < -0.4 is 10.2 Å². The largest absolute Gasteiger partial charge is 0.383 e. The summed E-state index contributed by atoms with van der Waals surface area (Å²) < 4.78 is 4.98. The van der Waals surface area contributed by atoms with Gasteiger partial charge in [-0.2, -0.15) is 0 Å². The quantitative estimate of drug-likeness (QED) is 0.681. The van der Waals surface area contributed by atoms with Crippen LogP contribution in [0.15, 0.2) is 18.3 Å². The van der Waals surface area contributed by atoms with Crippen LogP contribution in [0.3, 0.4) is 0 Å². The third-order valence-corrected chi connectivity index (χ3v) is 3.15. The standard InChI is InChI=1S/C15H26N4O2/c1-5-19(12-15(20)18(2)3)14-7-6-13(11-17-14)10-16-8-9-21-4/h6-7,11,16H,5,8-10,12H2,1-4H3. The fourth-order valence-corrected chi connectivity index (χ4v) is 1.77. The lowest BCUT2D eigenvalue weighted by Gasteiger charge is -2.23. The van der Waals surface area contributed by atoms with Crippen LogP contribution in [0.25, 0.3) is 0 Å². The highest BCUT2D eigenvalue weighted by Gasteiger charge is 2.12. The molecule has 0 fully saturated rings. The molecule has 1 rings (SSSR count). The Bertz CT molecular complexity index is 420. The van der Waals surface area contributed by atoms with E-state index < -0.39 is 0 Å². The molecule has 0 unspecified atom stereocenters. The molecule has 6 nitrogen and oxygen atoms in total. The van der Waals surface area contributed by atoms with Crippen molar-refractivity contribution < 1.29 is 9.53 Å². The topological polar surface area (TPSA) is 57.7 Å². The minimum atomic E-state index is 0.0731. The smallest absolute Gasteiger partial charge is 0.241 e. The predicted octanol–water partition coefficient (Wildman–Crippen LogP) is 0.732. The molecule has 0 atom stereocenters. The maximum absolute atomic E-state index is 11.8. The number of rotatable bonds is 9. The molecular formula is C15H26N4O2. The van der Waals surface area contributed by atoms with Crippen molar-refractivity contribution in [3.63, 3.8) is 0 Å². The second-order valence-corrected chi connectivity index (χ2v) is 5.00. The Morgan fingerprint density at radius 3 is 2.67 bits per heavy atom. The van der Waals surface area contributed by atoms with E-state index in [4.69, 9.17) is 4.74 Å². The Morgan fingerprint density at radius 1 is 1.38 bits per heavy atom. The molecule has 1 aromatic heterocycles. The summed E-state index contributed by atoms with van der Waals surface area (Å²) in [5.41, 5.74) is 1.12. The van der Waals surface area contributed by atoms with E-state index >= 15 is 0 Å². The van der Waals surface area contributed by atoms with E-state index in [9.17, 15) is 4.79 Å². The van der Waals surface area contributed by atoms with Crippen molar-refractivity contribution in [2.24, 2.45) is 0 Å². The summed E-state index contributed by atoms with van der Waals surface area (Å²) in [5.74, 6) is 0.900. The van der Waals surface area contributed by atoms with E-state index in [0.717, 1.165) is 31.0 Å². The van der Waals surface area contributed by atoms with Crippen molar-refractivity contribution in [3.8, 4) is 0 Å². The van der Waals surface area contributed by atoms with Gasteiger partial charge in [-0.15, -0.1) is 0 Å². The number of hydrogen-bond donors (Lipinski definition) is 1. The summed E-state index contributed by atoms with van der Waals surface area (Å²) in [6.45, 7) is 5.39. The van der Waals surface area contributed by atoms with Crippen molar-refractivity contribution in [1.29, 1.82) is 0 Å². The molecule has 118 valence electrons. The molecule has 0 aliphatic carbocycles. The SMILES string of the molecule is CCN(CC(=O)N(C)C)c1ccc(CNCCOC)cn1. The average molecular weight is 294 g/mol. The van der Waals surface area contributed by atoms with Crippen LogP contribution in [0.5, 0.6) is 0 Å². The number of amides is 1. The van der Waals surface area contributed by atoms with Crippen molar-refractivity contribution in [2.45, 2.75) is 13.5 Å². The van der Waals surface area contributed by atoms with E-state index in [1.165, 1.54) is 0 Å². The van der Waals surface area contributed by atoms with Crippen LogP contribution >= 0.6 is 0 Å². The van der Waals surface area contributed by atoms with Gasteiger partial charge in [0, 0.05) is 47.0 Å². The third kappa shape index (κ3) is 6.10. The van der Waals surface area contributed by atoms with Crippen LogP contribution in [0.1, 0.15) is 12.5 Å². The Hall–Kier alpha value is -1.66. The zero-order valence-electron chi connectivity index (χ0n) is 13.4. The summed E-state index contributed by atoms with van der Waals surface area (Å²) in [6.07, 6.45) is 1.85. The van der Waals surface area contributed by atoms with E-state index in [1.54, 1.807) is 26.1 Å². The second-order valence-electron chi connectivity index (χ2n) is 5.00. The molecule has 1 amide bonds. The number of ether oxygens (including phenoxy) is 1. The maximum Gasteiger partial charge on any atom is 0.241 e. The van der Waals surface area contributed by atoms with Crippen LogP contribution in [0.2, 0.25) is 0 Å². The van der Waals surface area contributed by atoms with E-state index in [-0.39, 0.29) is 5.91 Å². The molecule has 0 spiro atoms. The molecule has 0 saturated heterocycles. The summed E-state index contributed by atoms with van der Waals surface area (Å²) in [6, 6.07) is 3.99. The van der Waals surface area contributed by atoms with E-state index in [2.05, 4.69) is 10.3 Å². The lowest BCUT2D eigenvalue weighted by Crippen LogP contribution is -2.37. The number of hydrogen-bond acceptors (Lipinski definition) is 5. The third-order valence-electron chi connectivity index (χ3n) is 3.15. The Kier molecular flexibility index (Phi) is 7.71. The highest BCUT2D eigenvalue weighted by molar-refractivity contribution is 5.80. The predicted molar refractivity (Wildman–Crippen MR) is 84.4 cm³/mol. The van der Waals surface area contributed by atoms with Gasteiger partial charge in [-0.1, -0.05) is 6.07 Å². The fourth-order valence-electron chi connectivity index (χ4n) is 1.77. The zero-order valence-corrected chi connectivity index (χ0v) is 13.4. The monoisotopic (exact) mass is 294 g/mol. The number of carbonyl (C=O) groups is 1. The summed E-state index contributed by atoms with van der Waals surface area (Å²) in [4.78, 5) is 19.8. The number of anilines is 1. The van der Waals surface area contributed by atoms with Gasteiger partial charge in [-0.05, 0) is 18.6 Å². The van der Waals surface area contributed by atoms with Crippen molar-refractivity contribution in [2.75, 3.05) is 52.3 Å². The van der Waals surface area contributed by atoms with Crippen LogP contribution in [0.4, 0.5) is 5.82 Å². The number of nitrogens with zero attached hydrogens (tertiary/aromatic N) is 3. The first-order valence-electron chi connectivity index (χ1n) is 7.18. The molecule has 1 heterocycles. The highest BCUT2D eigenvalue weighted by atomic mass is 16.5. The maximum atomic E-state index is 11.8. The Morgan fingerprint density at radius 2 is 2.14 bits per heavy atom. The van der Waals surface area contributed by atoms with Gasteiger partial charge in [0.25, 0.3) is 0 Å². The van der Waals surface area contributed by atoms with Gasteiger partial charge >= 0.3 is 0 Å². The van der Waals surface area contributed by atoms with Crippen LogP contribution in [-0.4, -0.2) is 63.2 Å². The first kappa shape index (κ1) is 17.4. The first-order valence-corrected chi connectivity index (χ1v) is 7.18. The lowest BCUT2D eigenvalue weighted by atomic mass is 10.2. The number of carbonyl (C=O) groups excluding carboxylic acids is 1. The first-order chi connectivity index (χ1) is 10.1. The number of likely N-dealkylation sites (N-methyl/N-ethyl adjacent to an activating group) is 2. The number of pyridine rings is 1. The van der Waals surface area contributed by atoms with Crippen molar-refractivity contribution in [1.82, 2.24) is 15.2 Å². The van der Waals surface area contributed by atoms with Gasteiger partial charge in [0.05, 0.1) is 13.2 Å². The van der Waals surface area contributed by atoms with Gasteiger partial charge in [-0.3, -0.25) is 4.79 Å². The highest BCUT2D eigenvalue weighted by Crippen LogP contribution is 2.11.